The fourth-order valence-corrected chi connectivity index (χ4v) is 2.34. The number of para-hydroxylation sites is 1. The summed E-state index contributed by atoms with van der Waals surface area (Å²) in [7, 11) is 0. The molecule has 0 heterocycles. The summed E-state index contributed by atoms with van der Waals surface area (Å²) < 4.78 is 33.7. The van der Waals surface area contributed by atoms with Crippen molar-refractivity contribution >= 4 is 29.2 Å². The molecule has 0 saturated heterocycles. The fourth-order valence-electron chi connectivity index (χ4n) is 2.12. The van der Waals surface area contributed by atoms with E-state index in [4.69, 9.17) is 16.3 Å². The van der Waals surface area contributed by atoms with E-state index < -0.39 is 24.6 Å². The molecule has 0 aliphatic rings. The van der Waals surface area contributed by atoms with Crippen LogP contribution in [0.4, 0.5) is 14.5 Å². The molecule has 9 heteroatoms. The molecule has 0 bridgehead atoms. The normalized spacial score (nSPS) is 11.8. The molecule has 2 N–H and O–H groups in total. The van der Waals surface area contributed by atoms with E-state index in [-0.39, 0.29) is 27.8 Å². The molecule has 1 unspecified atom stereocenters. The van der Waals surface area contributed by atoms with E-state index in [9.17, 15) is 23.5 Å². The average Bonchev–Trinajstić information content (AvgIpc) is 2.59. The first-order chi connectivity index (χ1) is 12.7. The van der Waals surface area contributed by atoms with Crippen LogP contribution in [0.15, 0.2) is 36.4 Å². The van der Waals surface area contributed by atoms with Crippen molar-refractivity contribution in [3.63, 3.8) is 0 Å². The summed E-state index contributed by atoms with van der Waals surface area (Å²) >= 11 is 5.81. The van der Waals surface area contributed by atoms with Crippen molar-refractivity contribution in [2.75, 3.05) is 5.32 Å². The lowest BCUT2D eigenvalue weighted by Crippen LogP contribution is -2.30. The van der Waals surface area contributed by atoms with Crippen molar-refractivity contribution in [3.8, 4) is 11.5 Å². The smallest absolute Gasteiger partial charge is 0.387 e. The van der Waals surface area contributed by atoms with Crippen LogP contribution < -0.4 is 10.1 Å². The number of rotatable bonds is 6. The molecule has 2 aromatic carbocycles. The maximum absolute atomic E-state index is 12.2. The molecule has 0 saturated carbocycles. The second-order valence-corrected chi connectivity index (χ2v) is 5.94. The molecule has 27 heavy (non-hydrogen) atoms. The number of aromatic hydroxyl groups is 1. The second kappa shape index (κ2) is 8.68. The minimum Gasteiger partial charge on any atom is -0.507 e. The van der Waals surface area contributed by atoms with Crippen LogP contribution in [0.1, 0.15) is 22.8 Å². The van der Waals surface area contributed by atoms with Crippen molar-refractivity contribution in [3.05, 3.63) is 52.5 Å². The van der Waals surface area contributed by atoms with E-state index >= 15 is 0 Å². The molecule has 0 aliphatic carbocycles. The molecule has 0 aliphatic heterocycles. The van der Waals surface area contributed by atoms with Gasteiger partial charge in [0.25, 0.3) is 5.91 Å². The molecular weight excluding hydrogens is 384 g/mol. The average molecular weight is 400 g/mol. The van der Waals surface area contributed by atoms with Gasteiger partial charge in [0.15, 0.2) is 6.10 Å². The SMILES string of the molecule is Cc1cccc(C(=O)OC(C)C(=O)Nc2ccc(OC(F)F)c(Cl)c2)c1O. The van der Waals surface area contributed by atoms with Crippen LogP contribution in [-0.4, -0.2) is 29.7 Å². The van der Waals surface area contributed by atoms with Crippen LogP contribution in [0.5, 0.6) is 11.5 Å². The van der Waals surface area contributed by atoms with Gasteiger partial charge < -0.3 is 19.9 Å². The van der Waals surface area contributed by atoms with Crippen molar-refractivity contribution in [2.24, 2.45) is 0 Å². The van der Waals surface area contributed by atoms with Crippen LogP contribution >= 0.6 is 11.6 Å². The van der Waals surface area contributed by atoms with Crippen LogP contribution in [0.25, 0.3) is 0 Å². The first kappa shape index (κ1) is 20.4. The van der Waals surface area contributed by atoms with E-state index in [0.717, 1.165) is 0 Å². The number of phenols is 1. The van der Waals surface area contributed by atoms with Gasteiger partial charge in [-0.15, -0.1) is 0 Å². The maximum atomic E-state index is 12.2. The minimum absolute atomic E-state index is 0.0637. The van der Waals surface area contributed by atoms with E-state index in [2.05, 4.69) is 10.1 Å². The number of benzene rings is 2. The first-order valence-electron chi connectivity index (χ1n) is 7.74. The lowest BCUT2D eigenvalue weighted by Gasteiger charge is -2.15. The zero-order valence-electron chi connectivity index (χ0n) is 14.3. The van der Waals surface area contributed by atoms with E-state index in [1.165, 1.54) is 31.2 Å². The number of carbonyl (C=O) groups excluding carboxylic acids is 2. The molecule has 0 spiro atoms. The van der Waals surface area contributed by atoms with E-state index in [1.807, 2.05) is 0 Å². The van der Waals surface area contributed by atoms with Crippen LogP contribution in [0, 0.1) is 6.92 Å². The number of carbonyl (C=O) groups is 2. The number of hydrogen-bond acceptors (Lipinski definition) is 5. The number of aryl methyl sites for hydroxylation is 1. The molecule has 144 valence electrons. The van der Waals surface area contributed by atoms with Crippen LogP contribution in [0.2, 0.25) is 5.02 Å². The molecule has 1 amide bonds. The Kier molecular flexibility index (Phi) is 6.57. The molecular formula is C18H16ClF2NO5. The molecule has 0 aromatic heterocycles. The van der Waals surface area contributed by atoms with Gasteiger partial charge in [-0.25, -0.2) is 4.79 Å². The standard InChI is InChI=1S/C18H16ClF2NO5/c1-9-4-3-5-12(15(9)23)17(25)26-10(2)16(24)22-11-6-7-14(13(19)8-11)27-18(20)21/h3-8,10,18,23H,1-2H3,(H,22,24). The summed E-state index contributed by atoms with van der Waals surface area (Å²) in [6.45, 7) is -0.0657. The van der Waals surface area contributed by atoms with Gasteiger partial charge in [-0.05, 0) is 43.7 Å². The summed E-state index contributed by atoms with van der Waals surface area (Å²) in [5.74, 6) is -2.00. The number of halogens is 3. The van der Waals surface area contributed by atoms with Gasteiger partial charge in [-0.2, -0.15) is 8.78 Å². The summed E-state index contributed by atoms with van der Waals surface area (Å²) in [4.78, 5) is 24.3. The number of ether oxygens (including phenoxy) is 2. The van der Waals surface area contributed by atoms with Crippen molar-refractivity contribution in [2.45, 2.75) is 26.6 Å². The predicted molar refractivity (Wildman–Crippen MR) is 94.4 cm³/mol. The highest BCUT2D eigenvalue weighted by Crippen LogP contribution is 2.29. The highest BCUT2D eigenvalue weighted by molar-refractivity contribution is 6.32. The largest absolute Gasteiger partial charge is 0.507 e. The summed E-state index contributed by atoms with van der Waals surface area (Å²) in [5.41, 5.74) is 0.626. The van der Waals surface area contributed by atoms with Gasteiger partial charge in [0.1, 0.15) is 17.1 Å². The molecule has 0 radical (unpaired) electrons. The maximum Gasteiger partial charge on any atom is 0.387 e. The van der Waals surface area contributed by atoms with E-state index in [0.29, 0.717) is 5.56 Å². The number of esters is 1. The van der Waals surface area contributed by atoms with Crippen molar-refractivity contribution < 1.29 is 33.0 Å². The van der Waals surface area contributed by atoms with Gasteiger partial charge in [-0.1, -0.05) is 23.7 Å². The molecule has 2 aromatic rings. The number of nitrogens with one attached hydrogen (secondary N) is 1. The van der Waals surface area contributed by atoms with E-state index in [1.54, 1.807) is 19.1 Å². The van der Waals surface area contributed by atoms with Gasteiger partial charge >= 0.3 is 12.6 Å². The highest BCUT2D eigenvalue weighted by atomic mass is 35.5. The minimum atomic E-state index is -3.03. The monoisotopic (exact) mass is 399 g/mol. The summed E-state index contributed by atoms with van der Waals surface area (Å²) in [5, 5.41) is 12.2. The van der Waals surface area contributed by atoms with Gasteiger partial charge in [0, 0.05) is 5.69 Å². The topological polar surface area (TPSA) is 84.9 Å². The fraction of sp³-hybridized carbons (Fsp3) is 0.222. The van der Waals surface area contributed by atoms with Gasteiger partial charge in [0.05, 0.1) is 5.02 Å². The third-order valence-electron chi connectivity index (χ3n) is 3.53. The highest BCUT2D eigenvalue weighted by Gasteiger charge is 2.22. The van der Waals surface area contributed by atoms with Crippen molar-refractivity contribution in [1.82, 2.24) is 0 Å². The lowest BCUT2D eigenvalue weighted by molar-refractivity contribution is -0.123. The van der Waals surface area contributed by atoms with Crippen molar-refractivity contribution in [1.29, 1.82) is 0 Å². The lowest BCUT2D eigenvalue weighted by atomic mass is 10.1. The Labute approximate surface area is 158 Å². The third kappa shape index (κ3) is 5.30. The third-order valence-corrected chi connectivity index (χ3v) is 3.82. The number of anilines is 1. The zero-order chi connectivity index (χ0) is 20.1. The number of phenolic OH excluding ortho intramolecular Hbond substituents is 1. The molecule has 1 atom stereocenters. The summed E-state index contributed by atoms with van der Waals surface area (Å²) in [6, 6.07) is 8.26. The molecule has 0 fully saturated rings. The first-order valence-corrected chi connectivity index (χ1v) is 8.11. The Morgan fingerprint density at radius 1 is 1.22 bits per heavy atom. The van der Waals surface area contributed by atoms with Crippen LogP contribution in [-0.2, 0) is 9.53 Å². The van der Waals surface area contributed by atoms with Gasteiger partial charge in [0.2, 0.25) is 0 Å². The Morgan fingerprint density at radius 2 is 1.93 bits per heavy atom. The second-order valence-electron chi connectivity index (χ2n) is 5.53. The zero-order valence-corrected chi connectivity index (χ0v) is 15.1. The Balaban J connectivity index is 2.02. The molecule has 2 rings (SSSR count). The molecule has 6 nitrogen and oxygen atoms in total. The van der Waals surface area contributed by atoms with Crippen LogP contribution in [0.3, 0.4) is 0 Å². The Bertz CT molecular complexity index is 860. The quantitative estimate of drug-likeness (QED) is 0.713. The summed E-state index contributed by atoms with van der Waals surface area (Å²) in [6.07, 6.45) is -1.19. The Morgan fingerprint density at radius 3 is 2.56 bits per heavy atom. The van der Waals surface area contributed by atoms with Gasteiger partial charge in [-0.3, -0.25) is 4.79 Å². The number of hydrogen-bond donors (Lipinski definition) is 2. The number of alkyl halides is 2. The Hall–Kier alpha value is -2.87. The number of amides is 1. The predicted octanol–water partition coefficient (Wildman–Crippen LogP) is 4.14.